The lowest BCUT2D eigenvalue weighted by Crippen LogP contribution is -2.66. The van der Waals surface area contributed by atoms with Crippen LogP contribution in [0, 0.1) is 0 Å². The molecule has 0 N–H and O–H groups in total. The molecule has 0 aliphatic carbocycles. The van der Waals surface area contributed by atoms with Gasteiger partial charge in [-0.25, -0.2) is 0 Å². The Morgan fingerprint density at radius 2 is 0.778 bits per heavy atom. The highest BCUT2D eigenvalue weighted by atomic mass is 33.7. The molecule has 0 aromatic heterocycles. The average Bonchev–Trinajstić information content (AvgIpc) is 2.76. The largest absolute Gasteiger partial charge is 0.419 e. The van der Waals surface area contributed by atoms with Crippen molar-refractivity contribution in [2.24, 2.45) is 0 Å². The summed E-state index contributed by atoms with van der Waals surface area (Å²) in [5.74, 6) is 2.05. The van der Waals surface area contributed by atoms with Gasteiger partial charge in [0, 0.05) is 11.5 Å². The van der Waals surface area contributed by atoms with Crippen molar-refractivity contribution in [3.63, 3.8) is 0 Å². The second-order valence-corrected chi connectivity index (χ2v) is 19.5. The molecule has 0 aromatic rings. The van der Waals surface area contributed by atoms with Crippen LogP contribution in [0.2, 0.25) is 12.1 Å². The van der Waals surface area contributed by atoms with Gasteiger partial charge in [0.25, 0.3) is 0 Å². The van der Waals surface area contributed by atoms with Gasteiger partial charge in [-0.1, -0.05) is 21.6 Å². The standard InChI is InChI=1S/C22H56N6O2S4Si2/c1-23(2)21(24(3)4,25(5)6)19-29-35-17-13-15-31-33-34-32-16-14-18-36-30-20-22(26(7)8,27(9)10)28(11)12/h13-20,35-36H2,1-12H3. The predicted molar refractivity (Wildman–Crippen MR) is 176 cm³/mol. The lowest BCUT2D eigenvalue weighted by Gasteiger charge is -2.49. The maximum atomic E-state index is 6.21. The molecular formula is C22H56N6O2S4Si2. The lowest BCUT2D eigenvalue weighted by molar-refractivity contribution is -0.132. The van der Waals surface area contributed by atoms with Crippen LogP contribution in [0.15, 0.2) is 0 Å². The number of nitrogens with zero attached hydrogens (tertiary/aromatic N) is 6. The molecule has 218 valence electrons. The second-order valence-electron chi connectivity index (χ2n) is 10.2. The third-order valence-corrected chi connectivity index (χ3v) is 15.7. The van der Waals surface area contributed by atoms with Gasteiger partial charge in [0.2, 0.25) is 0 Å². The van der Waals surface area contributed by atoms with Crippen LogP contribution in [-0.4, -0.2) is 170 Å². The first kappa shape index (κ1) is 37.5. The van der Waals surface area contributed by atoms with Crippen LogP contribution >= 0.6 is 41.2 Å². The van der Waals surface area contributed by atoms with Gasteiger partial charge in [-0.3, -0.25) is 29.4 Å². The number of hydrogen-bond donors (Lipinski definition) is 0. The van der Waals surface area contributed by atoms with E-state index in [0.29, 0.717) is 0 Å². The Bertz CT molecular complexity index is 463. The van der Waals surface area contributed by atoms with Crippen molar-refractivity contribution in [2.45, 2.75) is 36.5 Å². The summed E-state index contributed by atoms with van der Waals surface area (Å²) < 4.78 is 12.4. The number of hydrogen-bond acceptors (Lipinski definition) is 12. The number of likely N-dealkylation sites (N-methyl/N-ethyl adjacent to an activating group) is 6. The fourth-order valence-electron chi connectivity index (χ4n) is 4.43. The van der Waals surface area contributed by atoms with E-state index in [0.717, 1.165) is 13.2 Å². The molecule has 0 unspecified atom stereocenters. The van der Waals surface area contributed by atoms with E-state index in [-0.39, 0.29) is 11.6 Å². The minimum absolute atomic E-state index is 0.185. The van der Waals surface area contributed by atoms with E-state index >= 15 is 0 Å². The van der Waals surface area contributed by atoms with Gasteiger partial charge in [0.15, 0.2) is 31.1 Å². The summed E-state index contributed by atoms with van der Waals surface area (Å²) in [5.41, 5.74) is 0. The SMILES string of the molecule is CN(C)C(CO[SiH2]CCCSSSSCCC[SiH2]OCC(N(C)C)(N(C)C)N(C)C)(N(C)C)N(C)C. The molecule has 0 aromatic carbocycles. The summed E-state index contributed by atoms with van der Waals surface area (Å²) in [4.78, 5) is 13.4. The van der Waals surface area contributed by atoms with E-state index in [4.69, 9.17) is 8.85 Å². The van der Waals surface area contributed by atoms with Gasteiger partial charge in [-0.05, 0) is 129 Å². The Hall–Kier alpha value is 1.51. The summed E-state index contributed by atoms with van der Waals surface area (Å²) in [5, 5.41) is 0. The summed E-state index contributed by atoms with van der Waals surface area (Å²) in [6.07, 6.45) is 2.51. The van der Waals surface area contributed by atoms with Crippen LogP contribution in [0.3, 0.4) is 0 Å². The number of rotatable bonds is 23. The Morgan fingerprint density at radius 1 is 0.500 bits per heavy atom. The maximum absolute atomic E-state index is 6.21. The summed E-state index contributed by atoms with van der Waals surface area (Å²) >= 11 is 0. The maximum Gasteiger partial charge on any atom is 0.161 e. The third kappa shape index (κ3) is 12.4. The highest BCUT2D eigenvalue weighted by Gasteiger charge is 2.38. The fraction of sp³-hybridized carbons (Fsp3) is 1.00. The van der Waals surface area contributed by atoms with E-state index in [1.807, 2.05) is 41.2 Å². The van der Waals surface area contributed by atoms with Gasteiger partial charge < -0.3 is 8.85 Å². The monoisotopic (exact) mass is 620 g/mol. The zero-order chi connectivity index (χ0) is 27.8. The predicted octanol–water partition coefficient (Wildman–Crippen LogP) is 2.16. The normalized spacial score (nSPS) is 14.2. The lowest BCUT2D eigenvalue weighted by atomic mass is 10.2. The van der Waals surface area contributed by atoms with Crippen LogP contribution in [0.4, 0.5) is 0 Å². The molecular weight excluding hydrogens is 565 g/mol. The van der Waals surface area contributed by atoms with E-state index in [9.17, 15) is 0 Å². The molecule has 0 rings (SSSR count). The summed E-state index contributed by atoms with van der Waals surface area (Å²) in [7, 11) is 32.3. The smallest absolute Gasteiger partial charge is 0.161 e. The zero-order valence-electron chi connectivity index (χ0n) is 25.2. The van der Waals surface area contributed by atoms with Gasteiger partial charge in [0.1, 0.15) is 0 Å². The molecule has 14 heteroatoms. The van der Waals surface area contributed by atoms with Crippen LogP contribution in [0.5, 0.6) is 0 Å². The van der Waals surface area contributed by atoms with Crippen molar-refractivity contribution in [3.05, 3.63) is 0 Å². The van der Waals surface area contributed by atoms with Crippen molar-refractivity contribution < 1.29 is 8.85 Å². The van der Waals surface area contributed by atoms with Crippen molar-refractivity contribution >= 4 is 60.8 Å². The molecule has 0 atom stereocenters. The molecule has 0 amide bonds. The van der Waals surface area contributed by atoms with Gasteiger partial charge >= 0.3 is 0 Å². The zero-order valence-corrected chi connectivity index (χ0v) is 31.3. The molecule has 0 saturated carbocycles. The van der Waals surface area contributed by atoms with Crippen molar-refractivity contribution in [2.75, 3.05) is 109 Å². The van der Waals surface area contributed by atoms with E-state index in [1.54, 1.807) is 0 Å². The average molecular weight is 621 g/mol. The van der Waals surface area contributed by atoms with Gasteiger partial charge in [-0.2, -0.15) is 0 Å². The van der Waals surface area contributed by atoms with Gasteiger partial charge in [-0.15, -0.1) is 0 Å². The molecule has 0 spiro atoms. The van der Waals surface area contributed by atoms with Crippen molar-refractivity contribution in [1.29, 1.82) is 0 Å². The van der Waals surface area contributed by atoms with Gasteiger partial charge in [0.05, 0.1) is 13.2 Å². The van der Waals surface area contributed by atoms with E-state index in [2.05, 4.69) is 114 Å². The second kappa shape index (κ2) is 20.4. The molecule has 36 heavy (non-hydrogen) atoms. The van der Waals surface area contributed by atoms with E-state index < -0.39 is 19.5 Å². The molecule has 0 saturated heterocycles. The van der Waals surface area contributed by atoms with Crippen LogP contribution < -0.4 is 0 Å². The van der Waals surface area contributed by atoms with Crippen LogP contribution in [-0.2, 0) is 8.85 Å². The minimum atomic E-state index is -0.476. The minimum Gasteiger partial charge on any atom is -0.419 e. The Morgan fingerprint density at radius 3 is 1.03 bits per heavy atom. The quantitative estimate of drug-likeness (QED) is 0.0728. The molecule has 8 nitrogen and oxygen atoms in total. The van der Waals surface area contributed by atoms with Crippen LogP contribution in [0.25, 0.3) is 0 Å². The van der Waals surface area contributed by atoms with Crippen LogP contribution in [0.1, 0.15) is 12.8 Å². The third-order valence-electron chi connectivity index (χ3n) is 6.55. The Labute approximate surface area is 243 Å². The molecule has 0 heterocycles. The molecule has 0 aliphatic rings. The first-order valence-corrected chi connectivity index (χ1v) is 21.0. The Balaban J connectivity index is 3.77. The molecule has 0 radical (unpaired) electrons. The molecule has 0 aliphatic heterocycles. The summed E-state index contributed by atoms with van der Waals surface area (Å²) in [6.45, 7) is 1.46. The molecule has 0 fully saturated rings. The van der Waals surface area contributed by atoms with E-state index in [1.165, 1.54) is 36.4 Å². The topological polar surface area (TPSA) is 37.9 Å². The first-order valence-electron chi connectivity index (χ1n) is 12.6. The highest BCUT2D eigenvalue weighted by Crippen LogP contribution is 2.43. The fourth-order valence-corrected chi connectivity index (χ4v) is 13.6. The van der Waals surface area contributed by atoms with Crippen molar-refractivity contribution in [3.8, 4) is 0 Å². The first-order chi connectivity index (χ1) is 16.9. The molecule has 0 bridgehead atoms. The summed E-state index contributed by atoms with van der Waals surface area (Å²) in [6, 6.07) is 2.49. The highest BCUT2D eigenvalue weighted by molar-refractivity contribution is 9.26. The Kier molecular flexibility index (Phi) is 21.3. The van der Waals surface area contributed by atoms with Crippen molar-refractivity contribution in [1.82, 2.24) is 29.4 Å².